The second-order valence-corrected chi connectivity index (χ2v) is 9.80. The van der Waals surface area contributed by atoms with E-state index < -0.39 is 56.9 Å². The lowest BCUT2D eigenvalue weighted by atomic mass is 9.35. The summed E-state index contributed by atoms with van der Waals surface area (Å²) in [7, 11) is 41.5. The quantitative estimate of drug-likeness (QED) is 0.413. The molecule has 1 fully saturated rings. The van der Waals surface area contributed by atoms with E-state index in [1.54, 1.807) is 0 Å². The molecule has 4 rings (SSSR count). The van der Waals surface area contributed by atoms with Crippen molar-refractivity contribution in [3.8, 4) is 0 Å². The Labute approximate surface area is 237 Å². The summed E-state index contributed by atoms with van der Waals surface area (Å²) < 4.78 is 29.9. The van der Waals surface area contributed by atoms with E-state index in [1.807, 2.05) is 5.32 Å². The van der Waals surface area contributed by atoms with E-state index in [1.165, 1.54) is 18.2 Å². The van der Waals surface area contributed by atoms with Crippen LogP contribution in [0.4, 0.5) is 8.78 Å². The number of carbonyl (C=O) groups excluding carboxylic acids is 4. The van der Waals surface area contributed by atoms with Crippen LogP contribution in [0.15, 0.2) is 42.5 Å². The van der Waals surface area contributed by atoms with Gasteiger partial charge in [-0.1, -0.05) is 41.7 Å². The summed E-state index contributed by atoms with van der Waals surface area (Å²) in [5.74, 6) is -10.8. The highest BCUT2D eigenvalue weighted by Crippen LogP contribution is 2.47. The molecule has 4 amide bonds. The highest BCUT2D eigenvalue weighted by molar-refractivity contribution is 6.58. The first-order chi connectivity index (χ1) is 17.9. The van der Waals surface area contributed by atoms with Gasteiger partial charge in [-0.05, 0) is 39.9 Å². The maximum atomic E-state index is 14.9. The Kier molecular flexibility index (Phi) is 6.98. The monoisotopic (exact) mass is 531 g/mol. The molecule has 2 atom stereocenters. The average Bonchev–Trinajstić information content (AvgIpc) is 3.22. The zero-order valence-electron chi connectivity index (χ0n) is 20.0. The topological polar surface area (TPSA) is 86.8 Å². The minimum absolute atomic E-state index is 0.0114. The van der Waals surface area contributed by atoms with E-state index in [9.17, 15) is 28.0 Å². The number of nitrogens with one attached hydrogen (secondary N) is 1. The molecule has 0 aromatic heterocycles. The molecule has 14 radical (unpaired) electrons. The molecule has 0 aliphatic carbocycles. The van der Waals surface area contributed by atoms with Crippen molar-refractivity contribution < 1.29 is 28.0 Å². The molecular formula is C22H11B7ClF2N3O4. The number of hydrogen-bond donors (Lipinski definition) is 1. The number of fused-ring (bicyclic) bond motifs is 1. The third kappa shape index (κ3) is 4.35. The van der Waals surface area contributed by atoms with Crippen molar-refractivity contribution in [2.45, 2.75) is 34.3 Å². The fraction of sp³-hybridized carbons (Fsp3) is 0.273. The SMILES string of the molecule is [B]C1C([B])([B])C(=O)NC(=O)[C@]1([B])N1Cc2cc(C([B])([B])N([B])C(=O)C(F)(F)c3ccc(Cl)cc3)ccc2C1=O. The van der Waals surface area contributed by atoms with E-state index in [-0.39, 0.29) is 33.1 Å². The van der Waals surface area contributed by atoms with Crippen LogP contribution >= 0.6 is 11.6 Å². The fourth-order valence-electron chi connectivity index (χ4n) is 4.36. The first-order valence-corrected chi connectivity index (χ1v) is 11.5. The Hall–Kier alpha value is -2.88. The molecule has 2 aliphatic heterocycles. The van der Waals surface area contributed by atoms with Crippen molar-refractivity contribution in [3.63, 3.8) is 0 Å². The van der Waals surface area contributed by atoms with Crippen LogP contribution in [0.1, 0.15) is 27.0 Å². The molecule has 0 saturated carbocycles. The van der Waals surface area contributed by atoms with Gasteiger partial charge >= 0.3 is 5.92 Å². The molecule has 0 spiro atoms. The lowest BCUT2D eigenvalue weighted by Gasteiger charge is -2.52. The summed E-state index contributed by atoms with van der Waals surface area (Å²) in [5.41, 5.74) is -3.03. The number of amides is 4. The number of halogens is 3. The van der Waals surface area contributed by atoms with Crippen LogP contribution in [0, 0.1) is 0 Å². The molecular weight excluding hydrogens is 519 g/mol. The van der Waals surface area contributed by atoms with Crippen LogP contribution in [0.2, 0.25) is 16.1 Å². The van der Waals surface area contributed by atoms with Gasteiger partial charge in [0.2, 0.25) is 19.8 Å². The summed E-state index contributed by atoms with van der Waals surface area (Å²) in [6, 6.07) is 7.83. The third-order valence-electron chi connectivity index (χ3n) is 6.88. The molecule has 180 valence electrons. The van der Waals surface area contributed by atoms with Crippen molar-refractivity contribution in [2.24, 2.45) is 0 Å². The summed E-state index contributed by atoms with van der Waals surface area (Å²) in [6.45, 7) is -0.376. The molecule has 2 aromatic rings. The fourth-order valence-corrected chi connectivity index (χ4v) is 4.48. The minimum atomic E-state index is -4.13. The second kappa shape index (κ2) is 9.35. The lowest BCUT2D eigenvalue weighted by Crippen LogP contribution is -2.70. The van der Waals surface area contributed by atoms with Crippen molar-refractivity contribution in [1.82, 2.24) is 15.0 Å². The smallest absolute Gasteiger partial charge is 0.348 e. The van der Waals surface area contributed by atoms with Crippen molar-refractivity contribution >= 4 is 90.3 Å². The number of rotatable bonds is 5. The number of nitrogens with zero attached hydrogens (tertiary/aromatic N) is 2. The van der Waals surface area contributed by atoms with Crippen molar-refractivity contribution in [2.75, 3.05) is 0 Å². The number of piperidine rings is 1. The molecule has 7 nitrogen and oxygen atoms in total. The van der Waals surface area contributed by atoms with E-state index in [2.05, 4.69) is 0 Å². The Bertz CT molecular complexity index is 1410. The minimum Gasteiger partial charge on any atom is -0.398 e. The molecule has 1 unspecified atom stereocenters. The van der Waals surface area contributed by atoms with Crippen LogP contribution in [0.25, 0.3) is 0 Å². The van der Waals surface area contributed by atoms with Gasteiger partial charge in [-0.25, -0.2) is 0 Å². The van der Waals surface area contributed by atoms with Gasteiger partial charge in [-0.15, -0.1) is 0 Å². The molecule has 2 aliphatic rings. The number of benzene rings is 2. The molecule has 0 bridgehead atoms. The highest BCUT2D eigenvalue weighted by Gasteiger charge is 2.57. The van der Waals surface area contributed by atoms with E-state index >= 15 is 0 Å². The first-order valence-electron chi connectivity index (χ1n) is 11.1. The molecule has 2 heterocycles. The van der Waals surface area contributed by atoms with Crippen molar-refractivity contribution in [1.29, 1.82) is 0 Å². The predicted molar refractivity (Wildman–Crippen MR) is 143 cm³/mol. The normalized spacial score (nSPS) is 22.8. The Morgan fingerprint density at radius 2 is 1.59 bits per heavy atom. The lowest BCUT2D eigenvalue weighted by molar-refractivity contribution is -0.155. The number of alkyl halides is 2. The Morgan fingerprint density at radius 3 is 2.18 bits per heavy atom. The number of hydrogen-bond acceptors (Lipinski definition) is 4. The van der Waals surface area contributed by atoms with E-state index in [0.29, 0.717) is 0 Å². The zero-order chi connectivity index (χ0) is 29.3. The number of carbonyl (C=O) groups is 4. The Balaban J connectivity index is 1.64. The largest absolute Gasteiger partial charge is 0.398 e. The van der Waals surface area contributed by atoms with Crippen LogP contribution in [0.5, 0.6) is 0 Å². The van der Waals surface area contributed by atoms with Crippen LogP contribution < -0.4 is 5.32 Å². The van der Waals surface area contributed by atoms with Crippen LogP contribution in [-0.2, 0) is 32.2 Å². The standard InChI is InChI=1S/C22H11B7ClF2N3O4/c23-15-19(24,25)16(37)33-17(38)20(15,26)34-8-9-7-11(3-6-13(9)14(34)36)22(27,28)35(29)18(39)21(31,32)10-1-4-12(30)5-2-10/h1-7,15H,8H2,(H,33,37,38)/t15?,20-/m1/s1. The van der Waals surface area contributed by atoms with E-state index in [0.717, 1.165) is 29.2 Å². The van der Waals surface area contributed by atoms with Gasteiger partial charge in [0.05, 0.1) is 44.7 Å². The van der Waals surface area contributed by atoms with Gasteiger partial charge in [0, 0.05) is 22.7 Å². The first kappa shape index (κ1) is 29.1. The van der Waals surface area contributed by atoms with Crippen LogP contribution in [-0.4, -0.2) is 93.8 Å². The third-order valence-corrected chi connectivity index (χ3v) is 7.14. The second-order valence-electron chi connectivity index (χ2n) is 9.36. The van der Waals surface area contributed by atoms with Gasteiger partial charge in [0.15, 0.2) is 0 Å². The summed E-state index contributed by atoms with van der Waals surface area (Å²) in [4.78, 5) is 51.4. The Morgan fingerprint density at radius 1 is 1.03 bits per heavy atom. The van der Waals surface area contributed by atoms with Gasteiger partial charge in [0.1, 0.15) is 7.85 Å². The summed E-state index contributed by atoms with van der Waals surface area (Å²) >= 11 is 5.72. The molecule has 39 heavy (non-hydrogen) atoms. The van der Waals surface area contributed by atoms with Gasteiger partial charge in [0.25, 0.3) is 11.8 Å². The molecule has 1 saturated heterocycles. The predicted octanol–water partition coefficient (Wildman–Crippen LogP) is -0.621. The maximum absolute atomic E-state index is 14.9. The van der Waals surface area contributed by atoms with Gasteiger partial charge < -0.3 is 9.71 Å². The average molecular weight is 530 g/mol. The van der Waals surface area contributed by atoms with E-state index in [4.69, 9.17) is 66.7 Å². The molecule has 17 heteroatoms. The molecule has 2 aromatic carbocycles. The summed E-state index contributed by atoms with van der Waals surface area (Å²) in [5, 5.41) is -2.73. The zero-order valence-corrected chi connectivity index (χ0v) is 20.8. The van der Waals surface area contributed by atoms with Crippen molar-refractivity contribution in [3.05, 3.63) is 69.7 Å². The maximum Gasteiger partial charge on any atom is 0.348 e. The molecule has 1 N–H and O–H groups in total. The van der Waals surface area contributed by atoms with Gasteiger partial charge in [-0.3, -0.25) is 24.5 Å². The van der Waals surface area contributed by atoms with Crippen LogP contribution in [0.3, 0.4) is 0 Å². The van der Waals surface area contributed by atoms with Gasteiger partial charge in [-0.2, -0.15) is 8.78 Å². The summed E-state index contributed by atoms with van der Waals surface area (Å²) in [6.07, 6.45) is 0. The highest BCUT2D eigenvalue weighted by atomic mass is 35.5. The number of imide groups is 1.